The average Bonchev–Trinajstić information content (AvgIpc) is 2.79. The summed E-state index contributed by atoms with van der Waals surface area (Å²) in [6.45, 7) is 2.07. The molecule has 108 valence electrons. The van der Waals surface area contributed by atoms with Crippen LogP contribution >= 0.6 is 0 Å². The summed E-state index contributed by atoms with van der Waals surface area (Å²) in [7, 11) is 0. The molecule has 2 atom stereocenters. The molecule has 1 N–H and O–H groups in total. The van der Waals surface area contributed by atoms with E-state index in [9.17, 15) is 20.0 Å². The summed E-state index contributed by atoms with van der Waals surface area (Å²) < 4.78 is 0. The van der Waals surface area contributed by atoms with Crippen molar-refractivity contribution in [2.24, 2.45) is 11.3 Å². The Balaban J connectivity index is 2.15. The van der Waals surface area contributed by atoms with E-state index in [2.05, 4.69) is 6.92 Å². The van der Waals surface area contributed by atoms with Crippen molar-refractivity contribution < 1.29 is 14.8 Å². The number of benzene rings is 1. The normalized spacial score (nSPS) is 25.6. The van der Waals surface area contributed by atoms with Gasteiger partial charge >= 0.3 is 5.97 Å². The van der Waals surface area contributed by atoms with Crippen LogP contribution in [0.3, 0.4) is 0 Å². The zero-order valence-corrected chi connectivity index (χ0v) is 11.5. The number of carbonyl (C=O) groups is 1. The lowest BCUT2D eigenvalue weighted by Gasteiger charge is -2.24. The minimum atomic E-state index is -0.763. The van der Waals surface area contributed by atoms with Crippen LogP contribution in [-0.2, 0) is 11.2 Å². The summed E-state index contributed by atoms with van der Waals surface area (Å²) in [6.07, 6.45) is 3.17. The first kappa shape index (κ1) is 14.5. The van der Waals surface area contributed by atoms with Gasteiger partial charge in [0, 0.05) is 11.6 Å². The van der Waals surface area contributed by atoms with Crippen LogP contribution in [0.5, 0.6) is 0 Å². The number of hydrogen-bond acceptors (Lipinski definition) is 3. The number of nitrogens with zero attached hydrogens (tertiary/aromatic N) is 1. The van der Waals surface area contributed by atoms with Gasteiger partial charge in [-0.2, -0.15) is 0 Å². The van der Waals surface area contributed by atoms with Crippen LogP contribution in [0.25, 0.3) is 0 Å². The van der Waals surface area contributed by atoms with Gasteiger partial charge in [-0.1, -0.05) is 25.1 Å². The molecule has 0 saturated heterocycles. The first-order chi connectivity index (χ1) is 9.44. The molecule has 0 aliphatic heterocycles. The predicted molar refractivity (Wildman–Crippen MR) is 74.5 cm³/mol. The second kappa shape index (κ2) is 5.61. The summed E-state index contributed by atoms with van der Waals surface area (Å²) in [4.78, 5) is 22.1. The fourth-order valence-electron chi connectivity index (χ4n) is 3.20. The molecule has 5 nitrogen and oxygen atoms in total. The zero-order chi connectivity index (χ0) is 14.8. The van der Waals surface area contributed by atoms with Gasteiger partial charge in [0.05, 0.1) is 10.3 Å². The van der Waals surface area contributed by atoms with Gasteiger partial charge in [0.15, 0.2) is 0 Å². The number of carboxylic acids is 1. The van der Waals surface area contributed by atoms with E-state index in [1.807, 2.05) is 0 Å². The standard InChI is InChI=1S/C15H19NO4/c1-11-6-8-15(10-11,14(17)18)9-7-12-4-2-3-5-13(12)16(19)20/h2-5,11H,6-10H2,1H3,(H,17,18). The van der Waals surface area contributed by atoms with Crippen molar-refractivity contribution in [3.05, 3.63) is 39.9 Å². The van der Waals surface area contributed by atoms with Crippen LogP contribution in [0.4, 0.5) is 5.69 Å². The minimum Gasteiger partial charge on any atom is -0.481 e. The Morgan fingerprint density at radius 2 is 2.20 bits per heavy atom. The zero-order valence-electron chi connectivity index (χ0n) is 11.5. The number of aryl methyl sites for hydroxylation is 1. The Morgan fingerprint density at radius 3 is 2.75 bits per heavy atom. The van der Waals surface area contributed by atoms with Crippen molar-refractivity contribution in [2.75, 3.05) is 0 Å². The average molecular weight is 277 g/mol. The molecule has 1 aromatic carbocycles. The molecular formula is C15H19NO4. The monoisotopic (exact) mass is 277 g/mol. The SMILES string of the molecule is CC1CCC(CCc2ccccc2[N+](=O)[O-])(C(=O)O)C1. The van der Waals surface area contributed by atoms with Crippen LogP contribution in [0.15, 0.2) is 24.3 Å². The lowest BCUT2D eigenvalue weighted by Crippen LogP contribution is -2.28. The topological polar surface area (TPSA) is 80.4 Å². The predicted octanol–water partition coefficient (Wildman–Crippen LogP) is 3.42. The van der Waals surface area contributed by atoms with Gasteiger partial charge in [0.25, 0.3) is 5.69 Å². The van der Waals surface area contributed by atoms with Gasteiger partial charge in [0.2, 0.25) is 0 Å². The molecule has 2 unspecified atom stereocenters. The third kappa shape index (κ3) is 2.81. The third-order valence-electron chi connectivity index (χ3n) is 4.37. The molecule has 0 bridgehead atoms. The number of para-hydroxylation sites is 1. The summed E-state index contributed by atoms with van der Waals surface area (Å²) in [5.41, 5.74) is 0.000104. The van der Waals surface area contributed by atoms with E-state index in [0.29, 0.717) is 37.2 Å². The van der Waals surface area contributed by atoms with Gasteiger partial charge in [0.1, 0.15) is 0 Å². The number of rotatable bonds is 5. The molecule has 0 amide bonds. The quantitative estimate of drug-likeness (QED) is 0.660. The Bertz CT molecular complexity index is 528. The summed E-state index contributed by atoms with van der Waals surface area (Å²) in [5, 5.41) is 20.5. The van der Waals surface area contributed by atoms with Gasteiger partial charge < -0.3 is 5.11 Å². The minimum absolute atomic E-state index is 0.0825. The number of carboxylic acid groups (broad SMARTS) is 1. The molecule has 0 aromatic heterocycles. The molecule has 20 heavy (non-hydrogen) atoms. The van der Waals surface area contributed by atoms with Crippen LogP contribution < -0.4 is 0 Å². The van der Waals surface area contributed by atoms with E-state index in [-0.39, 0.29) is 5.69 Å². The molecule has 5 heteroatoms. The van der Waals surface area contributed by atoms with Gasteiger partial charge in [-0.3, -0.25) is 14.9 Å². The van der Waals surface area contributed by atoms with Gasteiger partial charge in [-0.25, -0.2) is 0 Å². The first-order valence-corrected chi connectivity index (χ1v) is 6.90. The molecule has 1 aliphatic carbocycles. The summed E-state index contributed by atoms with van der Waals surface area (Å²) >= 11 is 0. The van der Waals surface area contributed by atoms with Crippen molar-refractivity contribution in [1.82, 2.24) is 0 Å². The van der Waals surface area contributed by atoms with Gasteiger partial charge in [-0.15, -0.1) is 0 Å². The van der Waals surface area contributed by atoms with E-state index >= 15 is 0 Å². The van der Waals surface area contributed by atoms with Crippen molar-refractivity contribution in [3.8, 4) is 0 Å². The molecule has 1 aromatic rings. The Morgan fingerprint density at radius 1 is 1.50 bits per heavy atom. The van der Waals surface area contributed by atoms with E-state index in [4.69, 9.17) is 0 Å². The second-order valence-corrected chi connectivity index (χ2v) is 5.82. The molecule has 1 aliphatic rings. The number of nitro groups is 1. The van der Waals surface area contributed by atoms with E-state index in [1.54, 1.807) is 18.2 Å². The second-order valence-electron chi connectivity index (χ2n) is 5.82. The smallest absolute Gasteiger partial charge is 0.309 e. The highest BCUT2D eigenvalue weighted by Gasteiger charge is 2.43. The highest BCUT2D eigenvalue weighted by atomic mass is 16.6. The molecule has 1 fully saturated rings. The van der Waals surface area contributed by atoms with Crippen LogP contribution in [0, 0.1) is 21.4 Å². The van der Waals surface area contributed by atoms with E-state index in [0.717, 1.165) is 6.42 Å². The van der Waals surface area contributed by atoms with Crippen LogP contribution in [0.2, 0.25) is 0 Å². The van der Waals surface area contributed by atoms with Crippen LogP contribution in [-0.4, -0.2) is 16.0 Å². The van der Waals surface area contributed by atoms with E-state index < -0.39 is 16.3 Å². The maximum Gasteiger partial charge on any atom is 0.309 e. The molecule has 1 saturated carbocycles. The van der Waals surface area contributed by atoms with E-state index in [1.165, 1.54) is 6.07 Å². The fourth-order valence-corrected chi connectivity index (χ4v) is 3.20. The van der Waals surface area contributed by atoms with Crippen molar-refractivity contribution >= 4 is 11.7 Å². The largest absolute Gasteiger partial charge is 0.481 e. The lowest BCUT2D eigenvalue weighted by atomic mass is 9.80. The molecular weight excluding hydrogens is 258 g/mol. The Labute approximate surface area is 117 Å². The summed E-state index contributed by atoms with van der Waals surface area (Å²) in [5.74, 6) is -0.350. The molecule has 0 radical (unpaired) electrons. The van der Waals surface area contributed by atoms with Crippen molar-refractivity contribution in [2.45, 2.75) is 39.0 Å². The lowest BCUT2D eigenvalue weighted by molar-refractivity contribution is -0.385. The maximum absolute atomic E-state index is 11.6. The molecule has 0 spiro atoms. The third-order valence-corrected chi connectivity index (χ3v) is 4.37. The first-order valence-electron chi connectivity index (χ1n) is 6.90. The van der Waals surface area contributed by atoms with Crippen molar-refractivity contribution in [3.63, 3.8) is 0 Å². The molecule has 2 rings (SSSR count). The number of nitro benzene ring substituents is 1. The highest BCUT2D eigenvalue weighted by Crippen LogP contribution is 2.45. The number of hydrogen-bond donors (Lipinski definition) is 1. The fraction of sp³-hybridized carbons (Fsp3) is 0.533. The Hall–Kier alpha value is -1.91. The number of aliphatic carboxylic acids is 1. The Kier molecular flexibility index (Phi) is 4.06. The molecule has 0 heterocycles. The highest BCUT2D eigenvalue weighted by molar-refractivity contribution is 5.75. The maximum atomic E-state index is 11.6. The van der Waals surface area contributed by atoms with Crippen LogP contribution in [0.1, 0.15) is 38.2 Å². The summed E-state index contributed by atoms with van der Waals surface area (Å²) in [6, 6.07) is 6.57. The van der Waals surface area contributed by atoms with Gasteiger partial charge in [-0.05, 0) is 38.0 Å². The van der Waals surface area contributed by atoms with Crippen molar-refractivity contribution in [1.29, 1.82) is 0 Å².